The molecule has 2 aromatic carbocycles. The van der Waals surface area contributed by atoms with Gasteiger partial charge in [-0.15, -0.1) is 0 Å². The third kappa shape index (κ3) is 2.86. The molecule has 2 rings (SSSR count). The molecule has 0 atom stereocenters. The largest absolute Gasteiger partial charge is 0.478 e. The number of nitrogens with zero attached hydrogens (tertiary/aromatic N) is 1. The third-order valence-electron chi connectivity index (χ3n) is 2.38. The second kappa shape index (κ2) is 5.18. The summed E-state index contributed by atoms with van der Waals surface area (Å²) in [5.41, 5.74) is -0.356. The normalized spacial score (nSPS) is 9.89. The van der Waals surface area contributed by atoms with Gasteiger partial charge in [0.1, 0.15) is 17.1 Å². The standard InChI is InChI=1S/C13H9NO5/c15-13(16)11-7-6-9(14(17)18)8-12(11)19-10-4-2-1-3-5-10/h1-8H,(H,15,16). The van der Waals surface area contributed by atoms with E-state index in [1.807, 2.05) is 0 Å². The molecule has 0 saturated carbocycles. The van der Waals surface area contributed by atoms with Crippen LogP contribution in [0.25, 0.3) is 0 Å². The predicted octanol–water partition coefficient (Wildman–Crippen LogP) is 3.09. The molecule has 2 aromatic rings. The summed E-state index contributed by atoms with van der Waals surface area (Å²) in [4.78, 5) is 21.1. The molecule has 0 aliphatic heterocycles. The lowest BCUT2D eigenvalue weighted by atomic mass is 10.2. The van der Waals surface area contributed by atoms with Gasteiger partial charge in [-0.25, -0.2) is 4.79 Å². The average molecular weight is 259 g/mol. The van der Waals surface area contributed by atoms with Crippen LogP contribution in [0.1, 0.15) is 10.4 Å². The van der Waals surface area contributed by atoms with Gasteiger partial charge in [-0.2, -0.15) is 0 Å². The van der Waals surface area contributed by atoms with E-state index < -0.39 is 10.9 Å². The zero-order valence-electron chi connectivity index (χ0n) is 9.65. The molecule has 0 heterocycles. The highest BCUT2D eigenvalue weighted by Gasteiger charge is 2.17. The van der Waals surface area contributed by atoms with E-state index in [1.165, 1.54) is 0 Å². The van der Waals surface area contributed by atoms with Gasteiger partial charge in [-0.05, 0) is 18.2 Å². The Kier molecular flexibility index (Phi) is 3.42. The van der Waals surface area contributed by atoms with Crippen LogP contribution in [0.5, 0.6) is 11.5 Å². The van der Waals surface area contributed by atoms with Crippen LogP contribution < -0.4 is 4.74 Å². The van der Waals surface area contributed by atoms with E-state index in [0.29, 0.717) is 5.75 Å². The first kappa shape index (κ1) is 12.6. The van der Waals surface area contributed by atoms with Crippen molar-refractivity contribution < 1.29 is 19.6 Å². The quantitative estimate of drug-likeness (QED) is 0.673. The molecular weight excluding hydrogens is 250 g/mol. The lowest BCUT2D eigenvalue weighted by Crippen LogP contribution is -2.01. The van der Waals surface area contributed by atoms with Crippen LogP contribution in [0.2, 0.25) is 0 Å². The molecule has 0 aromatic heterocycles. The minimum absolute atomic E-state index is 0.0621. The van der Waals surface area contributed by atoms with Gasteiger partial charge in [-0.3, -0.25) is 10.1 Å². The molecule has 0 radical (unpaired) electrons. The van der Waals surface area contributed by atoms with Crippen LogP contribution in [0.3, 0.4) is 0 Å². The molecule has 0 bridgehead atoms. The molecule has 0 unspecified atom stereocenters. The summed E-state index contributed by atoms with van der Waals surface area (Å²) < 4.78 is 5.38. The number of nitro benzene ring substituents is 1. The van der Waals surface area contributed by atoms with Crippen molar-refractivity contribution in [2.24, 2.45) is 0 Å². The minimum Gasteiger partial charge on any atom is -0.478 e. The Morgan fingerprint density at radius 2 is 1.84 bits per heavy atom. The molecule has 0 aliphatic rings. The van der Waals surface area contributed by atoms with E-state index in [9.17, 15) is 14.9 Å². The number of carboxylic acid groups (broad SMARTS) is 1. The van der Waals surface area contributed by atoms with Crippen molar-refractivity contribution in [1.29, 1.82) is 0 Å². The summed E-state index contributed by atoms with van der Waals surface area (Å²) in [5, 5.41) is 19.7. The van der Waals surface area contributed by atoms with Crippen molar-refractivity contribution in [3.63, 3.8) is 0 Å². The van der Waals surface area contributed by atoms with E-state index in [0.717, 1.165) is 18.2 Å². The van der Waals surface area contributed by atoms with Gasteiger partial charge >= 0.3 is 5.97 Å². The monoisotopic (exact) mass is 259 g/mol. The summed E-state index contributed by atoms with van der Waals surface area (Å²) in [6, 6.07) is 11.8. The van der Waals surface area contributed by atoms with Gasteiger partial charge in [0.05, 0.1) is 11.0 Å². The maximum Gasteiger partial charge on any atom is 0.339 e. The SMILES string of the molecule is O=C(O)c1ccc([N+](=O)[O-])cc1Oc1ccccc1. The van der Waals surface area contributed by atoms with Crippen molar-refractivity contribution in [2.75, 3.05) is 0 Å². The van der Waals surface area contributed by atoms with E-state index in [-0.39, 0.29) is 17.0 Å². The molecule has 0 aliphatic carbocycles. The number of non-ortho nitro benzene ring substituents is 1. The Balaban J connectivity index is 2.43. The average Bonchev–Trinajstić information content (AvgIpc) is 2.39. The Morgan fingerprint density at radius 3 is 2.42 bits per heavy atom. The smallest absolute Gasteiger partial charge is 0.339 e. The number of nitro groups is 1. The number of hydrogen-bond acceptors (Lipinski definition) is 4. The molecular formula is C13H9NO5. The van der Waals surface area contributed by atoms with Crippen LogP contribution in [0.15, 0.2) is 48.5 Å². The van der Waals surface area contributed by atoms with E-state index in [1.54, 1.807) is 30.3 Å². The fraction of sp³-hybridized carbons (Fsp3) is 0. The van der Waals surface area contributed by atoms with Crippen molar-refractivity contribution in [3.05, 3.63) is 64.2 Å². The summed E-state index contributed by atoms with van der Waals surface area (Å²) in [5.74, 6) is -0.862. The van der Waals surface area contributed by atoms with Crippen molar-refractivity contribution >= 4 is 11.7 Å². The number of rotatable bonds is 4. The molecule has 1 N–H and O–H groups in total. The number of aromatic carboxylic acids is 1. The Bertz CT molecular complexity index is 624. The lowest BCUT2D eigenvalue weighted by Gasteiger charge is -2.08. The Morgan fingerprint density at radius 1 is 1.16 bits per heavy atom. The number of hydrogen-bond donors (Lipinski definition) is 1. The predicted molar refractivity (Wildman–Crippen MR) is 66.6 cm³/mol. The maximum atomic E-state index is 11.0. The van der Waals surface area contributed by atoms with Crippen LogP contribution in [-0.4, -0.2) is 16.0 Å². The summed E-state index contributed by atoms with van der Waals surface area (Å²) in [7, 11) is 0. The van der Waals surface area contributed by atoms with Crippen LogP contribution >= 0.6 is 0 Å². The fourth-order valence-corrected chi connectivity index (χ4v) is 1.50. The van der Waals surface area contributed by atoms with Gasteiger partial charge in [0.15, 0.2) is 0 Å². The molecule has 96 valence electrons. The first-order valence-electron chi connectivity index (χ1n) is 5.32. The summed E-state index contributed by atoms with van der Waals surface area (Å²) in [6.45, 7) is 0. The van der Waals surface area contributed by atoms with Crippen molar-refractivity contribution in [2.45, 2.75) is 0 Å². The number of carboxylic acids is 1. The molecule has 6 heteroatoms. The van der Waals surface area contributed by atoms with Crippen LogP contribution in [0.4, 0.5) is 5.69 Å². The number of benzene rings is 2. The Labute approximate surface area is 108 Å². The van der Waals surface area contributed by atoms with Crippen LogP contribution in [-0.2, 0) is 0 Å². The highest BCUT2D eigenvalue weighted by molar-refractivity contribution is 5.91. The zero-order valence-corrected chi connectivity index (χ0v) is 9.65. The van der Waals surface area contributed by atoms with Crippen molar-refractivity contribution in [1.82, 2.24) is 0 Å². The van der Waals surface area contributed by atoms with Gasteiger partial charge in [0.2, 0.25) is 0 Å². The minimum atomic E-state index is -1.21. The molecule has 6 nitrogen and oxygen atoms in total. The number of para-hydroxylation sites is 1. The first-order valence-corrected chi connectivity index (χ1v) is 5.32. The number of carbonyl (C=O) groups is 1. The second-order valence-electron chi connectivity index (χ2n) is 3.66. The highest BCUT2D eigenvalue weighted by atomic mass is 16.6. The molecule has 0 saturated heterocycles. The van der Waals surface area contributed by atoms with Crippen molar-refractivity contribution in [3.8, 4) is 11.5 Å². The van der Waals surface area contributed by atoms with Crippen LogP contribution in [0, 0.1) is 10.1 Å². The van der Waals surface area contributed by atoms with E-state index >= 15 is 0 Å². The van der Waals surface area contributed by atoms with Gasteiger partial charge in [0, 0.05) is 6.07 Å². The first-order chi connectivity index (χ1) is 9.08. The summed E-state index contributed by atoms with van der Waals surface area (Å²) >= 11 is 0. The fourth-order valence-electron chi connectivity index (χ4n) is 1.50. The zero-order chi connectivity index (χ0) is 13.8. The second-order valence-corrected chi connectivity index (χ2v) is 3.66. The third-order valence-corrected chi connectivity index (χ3v) is 2.38. The van der Waals surface area contributed by atoms with Gasteiger partial charge in [-0.1, -0.05) is 18.2 Å². The molecule has 0 amide bonds. The van der Waals surface area contributed by atoms with E-state index in [4.69, 9.17) is 9.84 Å². The van der Waals surface area contributed by atoms with E-state index in [2.05, 4.69) is 0 Å². The molecule has 19 heavy (non-hydrogen) atoms. The summed E-state index contributed by atoms with van der Waals surface area (Å²) in [6.07, 6.45) is 0. The topological polar surface area (TPSA) is 89.7 Å². The lowest BCUT2D eigenvalue weighted by molar-refractivity contribution is -0.384. The number of ether oxygens (including phenoxy) is 1. The Hall–Kier alpha value is -2.89. The van der Waals surface area contributed by atoms with Gasteiger partial charge < -0.3 is 9.84 Å². The molecule has 0 fully saturated rings. The maximum absolute atomic E-state index is 11.0. The highest BCUT2D eigenvalue weighted by Crippen LogP contribution is 2.29. The van der Waals surface area contributed by atoms with Gasteiger partial charge in [0.25, 0.3) is 5.69 Å². The molecule has 0 spiro atoms.